The van der Waals surface area contributed by atoms with Gasteiger partial charge in [-0.25, -0.2) is 4.98 Å². The number of aromatic nitrogens is 1. The first kappa shape index (κ1) is 41.3. The van der Waals surface area contributed by atoms with Gasteiger partial charge in [-0.3, -0.25) is 34.3 Å². The number of nitrogens with zero attached hydrogens (tertiary/aromatic N) is 3. The number of ketones is 1. The van der Waals surface area contributed by atoms with Crippen molar-refractivity contribution in [2.75, 3.05) is 10.3 Å². The van der Waals surface area contributed by atoms with E-state index in [-0.39, 0.29) is 42.3 Å². The minimum atomic E-state index is -4.78. The van der Waals surface area contributed by atoms with Gasteiger partial charge in [-0.2, -0.15) is 18.2 Å². The molecule has 4 amide bonds. The number of allylic oxidation sites excluding steroid dienone is 3. The summed E-state index contributed by atoms with van der Waals surface area (Å²) in [6.45, 7) is 0. The number of anilines is 2. The van der Waals surface area contributed by atoms with Crippen molar-refractivity contribution in [2.45, 2.75) is 30.9 Å². The number of hydrogen-bond acceptors (Lipinski definition) is 9. The van der Waals surface area contributed by atoms with E-state index in [0.29, 0.717) is 56.4 Å². The van der Waals surface area contributed by atoms with Gasteiger partial charge in [0, 0.05) is 40.2 Å². The molecule has 5 aliphatic rings. The molecular weight excluding hydrogens is 872 g/mol. The Bertz CT molecular complexity index is 2890. The van der Waals surface area contributed by atoms with Gasteiger partial charge in [-0.15, -0.1) is 0 Å². The van der Waals surface area contributed by atoms with Crippen LogP contribution in [0.2, 0.25) is 10.0 Å². The van der Waals surface area contributed by atoms with Crippen LogP contribution >= 0.6 is 23.2 Å². The zero-order chi connectivity index (χ0) is 44.8. The molecule has 11 nitrogen and oxygen atoms in total. The molecule has 64 heavy (non-hydrogen) atoms. The average molecular weight is 906 g/mol. The van der Waals surface area contributed by atoms with E-state index in [0.717, 1.165) is 9.91 Å². The third-order valence-corrected chi connectivity index (χ3v) is 13.7. The van der Waals surface area contributed by atoms with E-state index in [1.54, 1.807) is 84.9 Å². The lowest BCUT2D eigenvalue weighted by Gasteiger charge is -2.51. The molecule has 2 aliphatic carbocycles. The van der Waals surface area contributed by atoms with Crippen molar-refractivity contribution in [2.24, 2.45) is 29.6 Å². The van der Waals surface area contributed by atoms with Gasteiger partial charge in [0.15, 0.2) is 11.6 Å². The second-order valence-electron chi connectivity index (χ2n) is 16.5. The monoisotopic (exact) mass is 904 g/mol. The fraction of sp³-hybridized carbons (Fsp3) is 0.208. The summed E-state index contributed by atoms with van der Waals surface area (Å²) in [6.07, 6.45) is -0.717. The molecule has 0 spiro atoms. The molecule has 1 aromatic heterocycles. The van der Waals surface area contributed by atoms with Gasteiger partial charge in [-0.1, -0.05) is 77.3 Å². The summed E-state index contributed by atoms with van der Waals surface area (Å²) in [5.41, 5.74) is 2.91. The molecule has 4 heterocycles. The highest BCUT2D eigenvalue weighted by molar-refractivity contribution is 6.33. The Morgan fingerprint density at radius 2 is 1.58 bits per heavy atom. The summed E-state index contributed by atoms with van der Waals surface area (Å²) in [5, 5.41) is 11.1. The molecule has 6 atom stereocenters. The average Bonchev–Trinajstić information content (AvgIpc) is 3.67. The fourth-order valence-electron chi connectivity index (χ4n) is 10.4. The van der Waals surface area contributed by atoms with E-state index >= 15 is 9.59 Å². The Hall–Kier alpha value is -6.77. The van der Waals surface area contributed by atoms with Crippen LogP contribution in [0.5, 0.6) is 11.5 Å². The van der Waals surface area contributed by atoms with Crippen molar-refractivity contribution in [3.8, 4) is 11.5 Å². The number of nitrogens with one attached hydrogen (secondary N) is 1. The minimum absolute atomic E-state index is 0.0360. The Morgan fingerprint density at radius 1 is 0.859 bits per heavy atom. The second-order valence-corrected chi connectivity index (χ2v) is 17.3. The smallest absolute Gasteiger partial charge is 0.417 e. The SMILES string of the molecule is O=C(c1ccccc1)c1ccc(N2C(=O)[C@H]3[C@H](CC=C4[C@H](C5=COc6ccc(O)cc6C5)[C@]5(c6ccc(Cl)cc6)C(=O)N(Nc6ncc(C(F)(F)F)cc6Cl)C(=O)[C@@H]5C[C@H]43)C2=O)cc1. The zero-order valence-corrected chi connectivity index (χ0v) is 34.7. The van der Waals surface area contributed by atoms with Crippen LogP contribution in [0.25, 0.3) is 0 Å². The van der Waals surface area contributed by atoms with E-state index in [1.165, 1.54) is 18.4 Å². The molecule has 1 saturated carbocycles. The van der Waals surface area contributed by atoms with Gasteiger partial charge < -0.3 is 9.84 Å². The highest BCUT2D eigenvalue weighted by atomic mass is 35.5. The summed E-state index contributed by atoms with van der Waals surface area (Å²) in [6, 6.07) is 26.5. The standard InChI is InChI=1S/C48H33Cl2F3N4O7/c49-30-10-8-28(9-11-30)47-36(44(61)57(46(47)63)55-42-37(50)20-29(22-54-42)48(51,52)53)21-35-33(40(47)27-18-26-19-32(58)14-17-38(26)64-23-27)15-16-34-39(35)45(62)56(43(34)60)31-12-6-25(7-13-31)41(59)24-4-2-1-3-5-24/h1-15,17,19-20,22-23,34-36,39-40,58H,16,18,21H2,(H,54,55)/t34-,35+,36-,39-,40-,47+/m0/s1. The number of pyridine rings is 1. The minimum Gasteiger partial charge on any atom is -0.508 e. The predicted molar refractivity (Wildman–Crippen MR) is 227 cm³/mol. The molecule has 0 unspecified atom stereocenters. The maximum absolute atomic E-state index is 15.5. The van der Waals surface area contributed by atoms with Gasteiger partial charge in [0.2, 0.25) is 11.8 Å². The van der Waals surface area contributed by atoms with E-state index in [1.807, 2.05) is 6.08 Å². The number of carbonyl (C=O) groups excluding carboxylic acids is 5. The summed E-state index contributed by atoms with van der Waals surface area (Å²) in [5.74, 6) is -7.54. The van der Waals surface area contributed by atoms with Crippen LogP contribution in [-0.2, 0) is 37.2 Å². The van der Waals surface area contributed by atoms with Crippen LogP contribution in [0.4, 0.5) is 24.7 Å². The first-order chi connectivity index (χ1) is 30.7. The van der Waals surface area contributed by atoms with Crippen molar-refractivity contribution in [3.63, 3.8) is 0 Å². The first-order valence-corrected chi connectivity index (χ1v) is 21.0. The number of halogens is 5. The van der Waals surface area contributed by atoms with Crippen LogP contribution in [0.1, 0.15) is 45.5 Å². The molecule has 0 radical (unpaired) electrons. The molecular formula is C48H33Cl2F3N4O7. The number of phenols is 1. The quantitative estimate of drug-likeness (QED) is 0.0929. The van der Waals surface area contributed by atoms with Crippen LogP contribution in [0.15, 0.2) is 133 Å². The van der Waals surface area contributed by atoms with Gasteiger partial charge in [0.1, 0.15) is 11.5 Å². The number of fused-ring (bicyclic) bond motifs is 5. The molecule has 2 saturated heterocycles. The lowest BCUT2D eigenvalue weighted by atomic mass is 9.48. The normalized spacial score (nSPS) is 24.9. The molecule has 3 aliphatic heterocycles. The Labute approximate surface area is 372 Å². The summed E-state index contributed by atoms with van der Waals surface area (Å²) < 4.78 is 47.0. The molecule has 10 rings (SSSR count). The van der Waals surface area contributed by atoms with Crippen LogP contribution in [-0.4, -0.2) is 44.5 Å². The van der Waals surface area contributed by atoms with Crippen LogP contribution in [0.3, 0.4) is 0 Å². The topological polar surface area (TPSA) is 146 Å². The van der Waals surface area contributed by atoms with Crippen molar-refractivity contribution < 1.29 is 47.0 Å². The fourth-order valence-corrected chi connectivity index (χ4v) is 10.7. The number of amides is 4. The number of benzene rings is 4. The number of carbonyl (C=O) groups is 5. The molecule has 0 bridgehead atoms. The van der Waals surface area contributed by atoms with Crippen molar-refractivity contribution in [1.82, 2.24) is 9.99 Å². The number of rotatable bonds is 7. The van der Waals surface area contributed by atoms with Crippen molar-refractivity contribution in [3.05, 3.63) is 171 Å². The lowest BCUT2D eigenvalue weighted by Crippen LogP contribution is -2.55. The maximum Gasteiger partial charge on any atom is 0.417 e. The lowest BCUT2D eigenvalue weighted by molar-refractivity contribution is -0.139. The van der Waals surface area contributed by atoms with E-state index in [9.17, 15) is 32.7 Å². The summed E-state index contributed by atoms with van der Waals surface area (Å²) in [7, 11) is 0. The van der Waals surface area contributed by atoms with Crippen LogP contribution < -0.4 is 15.1 Å². The number of aromatic hydroxyl groups is 1. The highest BCUT2D eigenvalue weighted by Crippen LogP contribution is 2.63. The molecule has 2 N–H and O–H groups in total. The Morgan fingerprint density at radius 3 is 2.28 bits per heavy atom. The zero-order valence-electron chi connectivity index (χ0n) is 33.2. The van der Waals surface area contributed by atoms with Gasteiger partial charge in [0.25, 0.3) is 11.8 Å². The van der Waals surface area contributed by atoms with Crippen molar-refractivity contribution >= 4 is 64.1 Å². The molecule has 4 aromatic carbocycles. The maximum atomic E-state index is 15.5. The second kappa shape index (κ2) is 15.2. The van der Waals surface area contributed by atoms with Crippen LogP contribution in [0, 0.1) is 29.6 Å². The highest BCUT2D eigenvalue weighted by Gasteiger charge is 2.71. The largest absolute Gasteiger partial charge is 0.508 e. The molecule has 3 fully saturated rings. The Balaban J connectivity index is 1.08. The Kier molecular flexibility index (Phi) is 9.80. The number of imide groups is 2. The first-order valence-electron chi connectivity index (χ1n) is 20.3. The number of ether oxygens (including phenoxy) is 1. The third-order valence-electron chi connectivity index (χ3n) is 13.1. The number of phenolic OH excluding ortho intramolecular Hbond substituents is 1. The molecule has 322 valence electrons. The third kappa shape index (κ3) is 6.41. The van der Waals surface area contributed by atoms with Gasteiger partial charge in [-0.05, 0) is 90.6 Å². The number of hydrogen-bond donors (Lipinski definition) is 2. The van der Waals surface area contributed by atoms with E-state index < -0.39 is 75.4 Å². The molecule has 16 heteroatoms. The van der Waals surface area contributed by atoms with Gasteiger partial charge >= 0.3 is 6.18 Å². The summed E-state index contributed by atoms with van der Waals surface area (Å²) >= 11 is 12.7. The van der Waals surface area contributed by atoms with Gasteiger partial charge in [0.05, 0.1) is 45.7 Å². The summed E-state index contributed by atoms with van der Waals surface area (Å²) in [4.78, 5) is 78.0. The van der Waals surface area contributed by atoms with E-state index in [2.05, 4.69) is 10.4 Å². The predicted octanol–water partition coefficient (Wildman–Crippen LogP) is 8.88. The van der Waals surface area contributed by atoms with Crippen molar-refractivity contribution in [1.29, 1.82) is 0 Å². The number of hydrazine groups is 1. The molecule has 5 aromatic rings. The number of alkyl halides is 3. The van der Waals surface area contributed by atoms with E-state index in [4.69, 9.17) is 27.9 Å².